The standard InChI is InChI=1S/C20H26N2O4/c1-12-4-3-5-14(13(12)2)21-8-10-22(11-9-21)19(23)17-15-6-7-16(26-15)18(17)20(24)25/h3-5,15-18H,6-11H2,1-2H3,(H,24,25)/t15-,16+,17-,18-/m0/s1. The number of carboxylic acid groups (broad SMARTS) is 1. The molecular weight excluding hydrogens is 332 g/mol. The van der Waals surface area contributed by atoms with E-state index in [1.807, 2.05) is 4.90 Å². The second kappa shape index (κ2) is 6.58. The van der Waals surface area contributed by atoms with E-state index in [0.29, 0.717) is 13.1 Å². The molecule has 6 heteroatoms. The van der Waals surface area contributed by atoms with Crippen LogP contribution in [0.15, 0.2) is 18.2 Å². The van der Waals surface area contributed by atoms with Crippen molar-refractivity contribution in [2.45, 2.75) is 38.9 Å². The van der Waals surface area contributed by atoms with Gasteiger partial charge >= 0.3 is 5.97 Å². The first-order valence-corrected chi connectivity index (χ1v) is 9.45. The molecule has 0 radical (unpaired) electrons. The van der Waals surface area contributed by atoms with E-state index >= 15 is 0 Å². The number of ether oxygens (including phenoxy) is 1. The summed E-state index contributed by atoms with van der Waals surface area (Å²) in [5.74, 6) is -2.13. The van der Waals surface area contributed by atoms with Gasteiger partial charge in [0.05, 0.1) is 24.0 Å². The number of anilines is 1. The molecule has 0 saturated carbocycles. The molecule has 3 fully saturated rings. The molecule has 0 spiro atoms. The molecule has 1 aromatic rings. The molecule has 3 aliphatic rings. The number of carbonyl (C=O) groups excluding carboxylic acids is 1. The Morgan fingerprint density at radius 3 is 2.35 bits per heavy atom. The molecule has 3 saturated heterocycles. The van der Waals surface area contributed by atoms with Crippen LogP contribution in [0.3, 0.4) is 0 Å². The number of aliphatic carboxylic acids is 1. The maximum Gasteiger partial charge on any atom is 0.310 e. The zero-order valence-electron chi connectivity index (χ0n) is 15.4. The van der Waals surface area contributed by atoms with Gasteiger partial charge in [-0.2, -0.15) is 0 Å². The van der Waals surface area contributed by atoms with Crippen LogP contribution in [0.1, 0.15) is 24.0 Å². The van der Waals surface area contributed by atoms with Crippen molar-refractivity contribution in [2.75, 3.05) is 31.1 Å². The van der Waals surface area contributed by atoms with Crippen LogP contribution in [-0.4, -0.2) is 60.3 Å². The molecule has 2 bridgehead atoms. The van der Waals surface area contributed by atoms with Gasteiger partial charge < -0.3 is 19.6 Å². The number of fused-ring (bicyclic) bond motifs is 2. The molecule has 140 valence electrons. The van der Waals surface area contributed by atoms with Crippen LogP contribution < -0.4 is 4.90 Å². The van der Waals surface area contributed by atoms with E-state index in [-0.39, 0.29) is 18.1 Å². The molecule has 3 aliphatic heterocycles. The van der Waals surface area contributed by atoms with Gasteiger partial charge in [0.15, 0.2) is 0 Å². The maximum atomic E-state index is 13.0. The number of amides is 1. The highest BCUT2D eigenvalue weighted by atomic mass is 16.5. The van der Waals surface area contributed by atoms with Crippen LogP contribution in [0.5, 0.6) is 0 Å². The van der Waals surface area contributed by atoms with Crippen LogP contribution in [0, 0.1) is 25.7 Å². The lowest BCUT2D eigenvalue weighted by atomic mass is 9.78. The molecule has 0 aliphatic carbocycles. The molecule has 4 atom stereocenters. The van der Waals surface area contributed by atoms with E-state index < -0.39 is 17.8 Å². The predicted molar refractivity (Wildman–Crippen MR) is 97.2 cm³/mol. The fourth-order valence-electron chi connectivity index (χ4n) is 4.76. The van der Waals surface area contributed by atoms with E-state index in [2.05, 4.69) is 36.9 Å². The Balaban J connectivity index is 1.44. The van der Waals surface area contributed by atoms with Crippen molar-refractivity contribution >= 4 is 17.6 Å². The Morgan fingerprint density at radius 1 is 1.04 bits per heavy atom. The molecule has 26 heavy (non-hydrogen) atoms. The van der Waals surface area contributed by atoms with Crippen molar-refractivity contribution in [2.24, 2.45) is 11.8 Å². The summed E-state index contributed by atoms with van der Waals surface area (Å²) < 4.78 is 5.75. The van der Waals surface area contributed by atoms with Crippen molar-refractivity contribution < 1.29 is 19.4 Å². The van der Waals surface area contributed by atoms with E-state index in [4.69, 9.17) is 4.74 Å². The molecule has 1 N–H and O–H groups in total. The highest BCUT2D eigenvalue weighted by molar-refractivity contribution is 5.87. The summed E-state index contributed by atoms with van der Waals surface area (Å²) in [6.45, 7) is 7.05. The number of aryl methyl sites for hydroxylation is 1. The summed E-state index contributed by atoms with van der Waals surface area (Å²) in [6.07, 6.45) is 1.05. The third-order valence-corrected chi connectivity index (χ3v) is 6.35. The average Bonchev–Trinajstić information content (AvgIpc) is 3.25. The van der Waals surface area contributed by atoms with Gasteiger partial charge in [-0.25, -0.2) is 0 Å². The van der Waals surface area contributed by atoms with Crippen LogP contribution in [0.2, 0.25) is 0 Å². The third kappa shape index (κ3) is 2.76. The number of rotatable bonds is 3. The van der Waals surface area contributed by atoms with Gasteiger partial charge in [0.2, 0.25) is 5.91 Å². The first-order chi connectivity index (χ1) is 12.5. The molecule has 0 unspecified atom stereocenters. The SMILES string of the molecule is Cc1cccc(N2CCN(C(=O)[C@@H]3[C@@H](C(=O)O)[C@H]4CC[C@@H]3O4)CC2)c1C. The fraction of sp³-hybridized carbons (Fsp3) is 0.600. The fourth-order valence-corrected chi connectivity index (χ4v) is 4.76. The Bertz CT molecular complexity index is 727. The van der Waals surface area contributed by atoms with E-state index in [9.17, 15) is 14.7 Å². The molecule has 1 aromatic carbocycles. The van der Waals surface area contributed by atoms with Gasteiger partial charge in [0, 0.05) is 31.9 Å². The lowest BCUT2D eigenvalue weighted by Crippen LogP contribution is -2.53. The maximum absolute atomic E-state index is 13.0. The lowest BCUT2D eigenvalue weighted by molar-refractivity contribution is -0.151. The van der Waals surface area contributed by atoms with E-state index in [1.165, 1.54) is 16.8 Å². The van der Waals surface area contributed by atoms with Crippen molar-refractivity contribution in [3.05, 3.63) is 29.3 Å². The largest absolute Gasteiger partial charge is 0.481 e. The molecule has 0 aromatic heterocycles. The Labute approximate surface area is 153 Å². The highest BCUT2D eigenvalue weighted by Crippen LogP contribution is 2.44. The lowest BCUT2D eigenvalue weighted by Gasteiger charge is -2.39. The first kappa shape index (κ1) is 17.3. The number of hydrogen-bond donors (Lipinski definition) is 1. The molecule has 4 rings (SSSR count). The highest BCUT2D eigenvalue weighted by Gasteiger charge is 2.56. The van der Waals surface area contributed by atoms with Gasteiger partial charge in [0.1, 0.15) is 0 Å². The Morgan fingerprint density at radius 2 is 1.69 bits per heavy atom. The van der Waals surface area contributed by atoms with Crippen molar-refractivity contribution in [1.82, 2.24) is 4.90 Å². The van der Waals surface area contributed by atoms with Gasteiger partial charge in [-0.1, -0.05) is 12.1 Å². The summed E-state index contributed by atoms with van der Waals surface area (Å²) >= 11 is 0. The molecular formula is C20H26N2O4. The quantitative estimate of drug-likeness (QED) is 0.893. The number of piperazine rings is 1. The van der Waals surface area contributed by atoms with Crippen LogP contribution in [0.4, 0.5) is 5.69 Å². The smallest absolute Gasteiger partial charge is 0.310 e. The van der Waals surface area contributed by atoms with Gasteiger partial charge in [-0.15, -0.1) is 0 Å². The summed E-state index contributed by atoms with van der Waals surface area (Å²) in [6, 6.07) is 6.31. The number of hydrogen-bond acceptors (Lipinski definition) is 4. The second-order valence-corrected chi connectivity index (χ2v) is 7.71. The van der Waals surface area contributed by atoms with Gasteiger partial charge in [-0.05, 0) is 43.9 Å². The van der Waals surface area contributed by atoms with Crippen LogP contribution in [0.25, 0.3) is 0 Å². The number of nitrogens with zero attached hydrogens (tertiary/aromatic N) is 2. The monoisotopic (exact) mass is 358 g/mol. The Kier molecular flexibility index (Phi) is 4.39. The minimum atomic E-state index is -0.899. The van der Waals surface area contributed by atoms with Gasteiger partial charge in [0.25, 0.3) is 0 Å². The molecule has 6 nitrogen and oxygen atoms in total. The van der Waals surface area contributed by atoms with Crippen LogP contribution >= 0.6 is 0 Å². The van der Waals surface area contributed by atoms with E-state index in [0.717, 1.165) is 25.9 Å². The molecule has 1 amide bonds. The van der Waals surface area contributed by atoms with E-state index in [1.54, 1.807) is 0 Å². The number of carboxylic acids is 1. The summed E-state index contributed by atoms with van der Waals surface area (Å²) in [4.78, 5) is 28.8. The number of carbonyl (C=O) groups is 2. The summed E-state index contributed by atoms with van der Waals surface area (Å²) in [5.41, 5.74) is 3.77. The van der Waals surface area contributed by atoms with Gasteiger partial charge in [-0.3, -0.25) is 9.59 Å². The van der Waals surface area contributed by atoms with Crippen molar-refractivity contribution in [3.63, 3.8) is 0 Å². The zero-order valence-corrected chi connectivity index (χ0v) is 15.4. The normalized spacial score (nSPS) is 30.7. The predicted octanol–water partition coefficient (Wildman–Crippen LogP) is 1.83. The van der Waals surface area contributed by atoms with Crippen LogP contribution in [-0.2, 0) is 14.3 Å². The average molecular weight is 358 g/mol. The summed E-state index contributed by atoms with van der Waals surface area (Å²) in [5, 5.41) is 9.54. The zero-order chi connectivity index (χ0) is 18.4. The second-order valence-electron chi connectivity index (χ2n) is 7.71. The third-order valence-electron chi connectivity index (χ3n) is 6.35. The summed E-state index contributed by atoms with van der Waals surface area (Å²) in [7, 11) is 0. The Hall–Kier alpha value is -2.08. The topological polar surface area (TPSA) is 70.1 Å². The first-order valence-electron chi connectivity index (χ1n) is 9.45. The molecule has 3 heterocycles. The number of benzene rings is 1. The van der Waals surface area contributed by atoms with Crippen molar-refractivity contribution in [3.8, 4) is 0 Å². The van der Waals surface area contributed by atoms with Crippen molar-refractivity contribution in [1.29, 1.82) is 0 Å². The minimum absolute atomic E-state index is 0.0368. The minimum Gasteiger partial charge on any atom is -0.481 e.